The van der Waals surface area contributed by atoms with E-state index in [1.54, 1.807) is 14.2 Å². The first kappa shape index (κ1) is 24.5. The lowest BCUT2D eigenvalue weighted by Gasteiger charge is -2.19. The van der Waals surface area contributed by atoms with E-state index in [-0.39, 0.29) is 5.91 Å². The van der Waals surface area contributed by atoms with Crippen molar-refractivity contribution < 1.29 is 19.0 Å². The molecule has 0 aliphatic carbocycles. The van der Waals surface area contributed by atoms with Gasteiger partial charge >= 0.3 is 0 Å². The third-order valence-corrected chi connectivity index (χ3v) is 6.53. The number of amides is 1. The highest BCUT2D eigenvalue weighted by atomic mass is 32.1. The number of carbonyl (C=O) groups is 1. The molecule has 33 heavy (non-hydrogen) atoms. The van der Waals surface area contributed by atoms with Crippen LogP contribution in [-0.4, -0.2) is 56.3 Å². The van der Waals surface area contributed by atoms with Crippen molar-refractivity contribution >= 4 is 22.9 Å². The monoisotopic (exact) mass is 469 g/mol. The normalized spacial score (nSPS) is 10.8. The summed E-state index contributed by atoms with van der Waals surface area (Å²) in [5.41, 5.74) is 2.17. The van der Waals surface area contributed by atoms with Gasteiger partial charge in [0.25, 0.3) is 5.91 Å². The second kappa shape index (κ2) is 11.7. The molecule has 0 saturated heterocycles. The molecular weight excluding hydrogens is 438 g/mol. The summed E-state index contributed by atoms with van der Waals surface area (Å²) in [4.78, 5) is 20.5. The number of carbonyl (C=O) groups excluding carboxylic acids is 1. The van der Waals surface area contributed by atoms with Crippen molar-refractivity contribution in [1.29, 1.82) is 0 Å². The fourth-order valence-electron chi connectivity index (χ4n) is 3.40. The van der Waals surface area contributed by atoms with Crippen LogP contribution in [0.2, 0.25) is 0 Å². The fourth-order valence-corrected chi connectivity index (χ4v) is 4.36. The second-order valence-electron chi connectivity index (χ2n) is 7.33. The summed E-state index contributed by atoms with van der Waals surface area (Å²) in [6, 6.07) is 13.1. The molecule has 0 fully saturated rings. The quantitative estimate of drug-likeness (QED) is 0.421. The lowest BCUT2D eigenvalue weighted by Crippen LogP contribution is -2.28. The van der Waals surface area contributed by atoms with Gasteiger partial charge in [-0.15, -0.1) is 11.3 Å². The van der Waals surface area contributed by atoms with Gasteiger partial charge in [0.15, 0.2) is 11.5 Å². The smallest absolute Gasteiger partial charge is 0.267 e. The maximum atomic E-state index is 13.1. The Labute approximate surface area is 199 Å². The molecule has 1 aromatic heterocycles. The predicted octanol–water partition coefficient (Wildman–Crippen LogP) is 5.11. The van der Waals surface area contributed by atoms with Crippen molar-refractivity contribution in [3.05, 3.63) is 53.0 Å². The predicted molar refractivity (Wildman–Crippen MR) is 133 cm³/mol. The van der Waals surface area contributed by atoms with E-state index in [1.807, 2.05) is 49.4 Å². The Morgan fingerprint density at radius 2 is 1.76 bits per heavy atom. The van der Waals surface area contributed by atoms with E-state index in [1.165, 1.54) is 11.3 Å². The first-order valence-electron chi connectivity index (χ1n) is 11.0. The van der Waals surface area contributed by atoms with Crippen LogP contribution in [-0.2, 0) is 0 Å². The summed E-state index contributed by atoms with van der Waals surface area (Å²) in [5, 5.41) is 3.73. The zero-order valence-corrected chi connectivity index (χ0v) is 20.6. The van der Waals surface area contributed by atoms with Crippen LogP contribution in [0, 0.1) is 6.92 Å². The van der Waals surface area contributed by atoms with Crippen LogP contribution < -0.4 is 19.5 Å². The first-order valence-corrected chi connectivity index (χ1v) is 11.8. The molecule has 0 radical (unpaired) electrons. The van der Waals surface area contributed by atoms with E-state index in [0.29, 0.717) is 40.1 Å². The molecule has 1 N–H and O–H groups in total. The Kier molecular flexibility index (Phi) is 8.68. The van der Waals surface area contributed by atoms with E-state index in [9.17, 15) is 4.79 Å². The average molecular weight is 470 g/mol. The summed E-state index contributed by atoms with van der Waals surface area (Å²) in [7, 11) is 3.19. The van der Waals surface area contributed by atoms with Crippen LogP contribution in [0.4, 0.5) is 5.69 Å². The number of hydrogen-bond acceptors (Lipinski definition) is 7. The molecule has 0 atom stereocenters. The molecule has 3 aromatic rings. The second-order valence-corrected chi connectivity index (χ2v) is 8.33. The van der Waals surface area contributed by atoms with Gasteiger partial charge in [0.1, 0.15) is 22.2 Å². The molecule has 2 aromatic carbocycles. The lowest BCUT2D eigenvalue weighted by molar-refractivity contribution is 0.102. The number of aryl methyl sites for hydroxylation is 1. The summed E-state index contributed by atoms with van der Waals surface area (Å²) < 4.78 is 16.7. The maximum Gasteiger partial charge on any atom is 0.267 e. The van der Waals surface area contributed by atoms with Crippen molar-refractivity contribution in [2.75, 3.05) is 45.8 Å². The number of methoxy groups -OCH3 is 2. The SMILES string of the molecule is CCN(CC)CCOc1ccccc1NC(=O)c1sc(-c2ccc(OC)c(OC)c2)nc1C. The molecule has 0 aliphatic rings. The topological polar surface area (TPSA) is 72.9 Å². The molecule has 0 bridgehead atoms. The van der Waals surface area contributed by atoms with Crippen LogP contribution in [0.3, 0.4) is 0 Å². The number of thiazole rings is 1. The number of aromatic nitrogens is 1. The number of rotatable bonds is 11. The summed E-state index contributed by atoms with van der Waals surface area (Å²) >= 11 is 1.34. The minimum absolute atomic E-state index is 0.212. The van der Waals surface area contributed by atoms with Gasteiger partial charge in [0.05, 0.1) is 25.6 Å². The standard InChI is InChI=1S/C25H31N3O4S/c1-6-28(7-2)14-15-32-20-11-9-8-10-19(20)27-24(29)23-17(3)26-25(33-23)18-12-13-21(30-4)22(16-18)31-5/h8-13,16H,6-7,14-15H2,1-5H3,(H,27,29). The molecule has 0 saturated carbocycles. The minimum atomic E-state index is -0.212. The maximum absolute atomic E-state index is 13.1. The van der Waals surface area contributed by atoms with E-state index < -0.39 is 0 Å². The van der Waals surface area contributed by atoms with E-state index >= 15 is 0 Å². The van der Waals surface area contributed by atoms with Gasteiger partial charge < -0.3 is 24.4 Å². The lowest BCUT2D eigenvalue weighted by atomic mass is 10.2. The van der Waals surface area contributed by atoms with Gasteiger partial charge in [-0.25, -0.2) is 4.98 Å². The first-order chi connectivity index (χ1) is 16.0. The van der Waals surface area contributed by atoms with Gasteiger partial charge in [-0.1, -0.05) is 26.0 Å². The Balaban J connectivity index is 1.75. The van der Waals surface area contributed by atoms with Crippen molar-refractivity contribution in [3.63, 3.8) is 0 Å². The van der Waals surface area contributed by atoms with E-state index in [2.05, 4.69) is 29.0 Å². The average Bonchev–Trinajstić information content (AvgIpc) is 3.24. The highest BCUT2D eigenvalue weighted by Crippen LogP contribution is 2.35. The summed E-state index contributed by atoms with van der Waals surface area (Å²) in [6.07, 6.45) is 0. The number of benzene rings is 2. The molecule has 0 unspecified atom stereocenters. The minimum Gasteiger partial charge on any atom is -0.493 e. The van der Waals surface area contributed by atoms with Gasteiger partial charge in [-0.2, -0.15) is 0 Å². The molecule has 7 nitrogen and oxygen atoms in total. The number of hydrogen-bond donors (Lipinski definition) is 1. The molecule has 8 heteroatoms. The van der Waals surface area contributed by atoms with E-state index in [4.69, 9.17) is 14.2 Å². The zero-order chi connectivity index (χ0) is 23.8. The molecular formula is C25H31N3O4S. The number of anilines is 1. The van der Waals surface area contributed by atoms with Crippen LogP contribution in [0.1, 0.15) is 29.2 Å². The number of nitrogens with one attached hydrogen (secondary N) is 1. The Morgan fingerprint density at radius 1 is 1.03 bits per heavy atom. The van der Waals surface area contributed by atoms with Gasteiger partial charge in [0, 0.05) is 12.1 Å². The van der Waals surface area contributed by atoms with Crippen molar-refractivity contribution in [2.45, 2.75) is 20.8 Å². The van der Waals surface area contributed by atoms with Crippen LogP contribution in [0.5, 0.6) is 17.2 Å². The number of nitrogens with zero attached hydrogens (tertiary/aromatic N) is 2. The van der Waals surface area contributed by atoms with Gasteiger partial charge in [-0.3, -0.25) is 4.79 Å². The van der Waals surface area contributed by atoms with Crippen LogP contribution >= 0.6 is 11.3 Å². The number of ether oxygens (including phenoxy) is 3. The van der Waals surface area contributed by atoms with Crippen molar-refractivity contribution in [3.8, 4) is 27.8 Å². The third-order valence-electron chi connectivity index (χ3n) is 5.33. The Bertz CT molecular complexity index is 1080. The van der Waals surface area contributed by atoms with Crippen LogP contribution in [0.15, 0.2) is 42.5 Å². The van der Waals surface area contributed by atoms with Crippen molar-refractivity contribution in [2.24, 2.45) is 0 Å². The van der Waals surface area contributed by atoms with Gasteiger partial charge in [0.2, 0.25) is 0 Å². The molecule has 1 heterocycles. The fraction of sp³-hybridized carbons (Fsp3) is 0.360. The summed E-state index contributed by atoms with van der Waals surface area (Å²) in [6.45, 7) is 9.44. The van der Waals surface area contributed by atoms with E-state index in [0.717, 1.165) is 30.2 Å². The molecule has 3 rings (SSSR count). The molecule has 1 amide bonds. The Hall–Kier alpha value is -3.10. The Morgan fingerprint density at radius 3 is 2.45 bits per heavy atom. The number of para-hydroxylation sites is 2. The van der Waals surface area contributed by atoms with Gasteiger partial charge in [-0.05, 0) is 50.3 Å². The highest BCUT2D eigenvalue weighted by Gasteiger charge is 2.19. The highest BCUT2D eigenvalue weighted by molar-refractivity contribution is 7.17. The summed E-state index contributed by atoms with van der Waals surface area (Å²) in [5.74, 6) is 1.70. The third kappa shape index (κ3) is 6.03. The van der Waals surface area contributed by atoms with Crippen LogP contribution in [0.25, 0.3) is 10.6 Å². The zero-order valence-electron chi connectivity index (χ0n) is 19.8. The van der Waals surface area contributed by atoms with Crippen molar-refractivity contribution in [1.82, 2.24) is 9.88 Å². The molecule has 176 valence electrons. The number of likely N-dealkylation sites (N-methyl/N-ethyl adjacent to an activating group) is 1. The largest absolute Gasteiger partial charge is 0.493 e. The molecule has 0 spiro atoms. The molecule has 0 aliphatic heterocycles.